The summed E-state index contributed by atoms with van der Waals surface area (Å²) in [4.78, 5) is 0. The Bertz CT molecular complexity index is 553. The first kappa shape index (κ1) is 18.4. The van der Waals surface area contributed by atoms with Gasteiger partial charge in [-0.3, -0.25) is 0 Å². The molecule has 1 nitrogen and oxygen atoms in total. The minimum absolute atomic E-state index is 0.0573. The predicted molar refractivity (Wildman–Crippen MR) is 107 cm³/mol. The molecule has 0 bridgehead atoms. The molecular formula is C20H27BrOSi. The van der Waals surface area contributed by atoms with Crippen LogP contribution in [-0.4, -0.2) is 20.3 Å². The van der Waals surface area contributed by atoms with E-state index in [1.807, 2.05) is 0 Å². The van der Waals surface area contributed by atoms with E-state index in [1.54, 1.807) is 0 Å². The van der Waals surface area contributed by atoms with Gasteiger partial charge in [0.2, 0.25) is 0 Å². The molecule has 0 unspecified atom stereocenters. The molecule has 0 amide bonds. The Morgan fingerprint density at radius 3 is 1.70 bits per heavy atom. The van der Waals surface area contributed by atoms with Gasteiger partial charge in [0.05, 0.1) is 0 Å². The smallest absolute Gasteiger partial charge is 0.261 e. The second-order valence-electron chi connectivity index (χ2n) is 7.23. The van der Waals surface area contributed by atoms with Gasteiger partial charge < -0.3 is 4.43 Å². The normalized spacial score (nSPS) is 13.8. The van der Waals surface area contributed by atoms with Crippen LogP contribution in [0, 0.1) is 5.92 Å². The molecular weight excluding hydrogens is 364 g/mol. The number of hydrogen-bond donors (Lipinski definition) is 0. The number of benzene rings is 2. The summed E-state index contributed by atoms with van der Waals surface area (Å²) >= 11 is 3.58. The van der Waals surface area contributed by atoms with Crippen molar-refractivity contribution in [1.82, 2.24) is 0 Å². The van der Waals surface area contributed by atoms with Gasteiger partial charge in [0.25, 0.3) is 8.32 Å². The molecule has 0 aliphatic carbocycles. The largest absolute Gasteiger partial charge is 0.407 e. The van der Waals surface area contributed by atoms with Crippen LogP contribution < -0.4 is 10.4 Å². The molecule has 23 heavy (non-hydrogen) atoms. The maximum atomic E-state index is 6.83. The average Bonchev–Trinajstić information content (AvgIpc) is 2.56. The first-order chi connectivity index (χ1) is 10.9. The van der Waals surface area contributed by atoms with Crippen LogP contribution in [0.2, 0.25) is 5.04 Å². The van der Waals surface area contributed by atoms with Crippen LogP contribution in [0.1, 0.15) is 27.7 Å². The Labute approximate surface area is 150 Å². The van der Waals surface area contributed by atoms with Crippen molar-refractivity contribution < 1.29 is 4.43 Å². The number of rotatable bonds is 6. The van der Waals surface area contributed by atoms with E-state index in [0.29, 0.717) is 5.92 Å². The highest BCUT2D eigenvalue weighted by Gasteiger charge is 2.50. The molecule has 1 atom stereocenters. The maximum Gasteiger partial charge on any atom is 0.261 e. The van der Waals surface area contributed by atoms with E-state index in [9.17, 15) is 0 Å². The van der Waals surface area contributed by atoms with Crippen molar-refractivity contribution in [2.24, 2.45) is 5.92 Å². The molecule has 0 fully saturated rings. The second kappa shape index (κ2) is 7.78. The Morgan fingerprint density at radius 1 is 0.913 bits per heavy atom. The Balaban J connectivity index is 2.60. The lowest BCUT2D eigenvalue weighted by molar-refractivity contribution is 0.258. The lowest BCUT2D eigenvalue weighted by Crippen LogP contribution is -2.66. The molecule has 0 saturated carbocycles. The van der Waals surface area contributed by atoms with Crippen molar-refractivity contribution in [3.05, 3.63) is 60.7 Å². The van der Waals surface area contributed by atoms with Crippen LogP contribution in [0.25, 0.3) is 0 Å². The van der Waals surface area contributed by atoms with Crippen LogP contribution in [-0.2, 0) is 4.43 Å². The molecule has 0 radical (unpaired) electrons. The van der Waals surface area contributed by atoms with Gasteiger partial charge in [-0.25, -0.2) is 0 Å². The van der Waals surface area contributed by atoms with Gasteiger partial charge >= 0.3 is 0 Å². The first-order valence-corrected chi connectivity index (χ1v) is 11.3. The van der Waals surface area contributed by atoms with Crippen molar-refractivity contribution in [1.29, 1.82) is 0 Å². The summed E-state index contributed by atoms with van der Waals surface area (Å²) in [6, 6.07) is 21.6. The van der Waals surface area contributed by atoms with Crippen LogP contribution in [0.15, 0.2) is 60.7 Å². The highest BCUT2D eigenvalue weighted by atomic mass is 79.9. The summed E-state index contributed by atoms with van der Waals surface area (Å²) in [5.41, 5.74) is 0. The molecule has 3 heteroatoms. The zero-order valence-electron chi connectivity index (χ0n) is 14.6. The fourth-order valence-electron chi connectivity index (χ4n) is 3.07. The van der Waals surface area contributed by atoms with E-state index in [4.69, 9.17) is 4.43 Å². The molecule has 2 aromatic carbocycles. The zero-order chi connectivity index (χ0) is 16.9. The summed E-state index contributed by atoms with van der Waals surface area (Å²) in [6.07, 6.45) is 0. The number of hydrogen-bond acceptors (Lipinski definition) is 1. The molecule has 2 aromatic rings. The highest BCUT2D eigenvalue weighted by molar-refractivity contribution is 9.09. The van der Waals surface area contributed by atoms with E-state index < -0.39 is 8.32 Å². The Hall–Kier alpha value is -0.903. The van der Waals surface area contributed by atoms with Crippen molar-refractivity contribution in [3.8, 4) is 0 Å². The van der Waals surface area contributed by atoms with Gasteiger partial charge in [-0.1, -0.05) is 104 Å². The standard InChI is InChI=1S/C20H27BrOSi/c1-17(15-21)16-22-23(20(2,3)4,18-11-7-5-8-12-18)19-13-9-6-10-14-19/h5-14,17H,15-16H2,1-4H3/t17-/m0/s1. The number of halogens is 1. The monoisotopic (exact) mass is 390 g/mol. The zero-order valence-corrected chi connectivity index (χ0v) is 17.1. The highest BCUT2D eigenvalue weighted by Crippen LogP contribution is 2.37. The average molecular weight is 391 g/mol. The third-order valence-corrected chi connectivity index (χ3v) is 10.4. The topological polar surface area (TPSA) is 9.23 Å². The third-order valence-electron chi connectivity index (χ3n) is 4.26. The van der Waals surface area contributed by atoms with Gasteiger partial charge in [-0.2, -0.15) is 0 Å². The molecule has 124 valence electrons. The SMILES string of the molecule is C[C@@H](CBr)CO[Si](c1ccccc1)(c1ccccc1)C(C)(C)C. The van der Waals surface area contributed by atoms with Crippen molar-refractivity contribution in [2.45, 2.75) is 32.7 Å². The predicted octanol–water partition coefficient (Wildman–Crippen LogP) is 4.59. The van der Waals surface area contributed by atoms with E-state index in [2.05, 4.69) is 104 Å². The molecule has 0 aromatic heterocycles. The van der Waals surface area contributed by atoms with Crippen LogP contribution in [0.4, 0.5) is 0 Å². The lowest BCUT2D eigenvalue weighted by atomic mass is 10.2. The molecule has 0 saturated heterocycles. The Morgan fingerprint density at radius 2 is 1.35 bits per heavy atom. The van der Waals surface area contributed by atoms with Crippen LogP contribution in [0.3, 0.4) is 0 Å². The van der Waals surface area contributed by atoms with E-state index >= 15 is 0 Å². The summed E-state index contributed by atoms with van der Waals surface area (Å²) in [5.74, 6) is 0.497. The summed E-state index contributed by atoms with van der Waals surface area (Å²) < 4.78 is 6.83. The van der Waals surface area contributed by atoms with Crippen molar-refractivity contribution in [2.75, 3.05) is 11.9 Å². The molecule has 0 heterocycles. The minimum Gasteiger partial charge on any atom is -0.407 e. The van der Waals surface area contributed by atoms with Gasteiger partial charge in [0, 0.05) is 11.9 Å². The fourth-order valence-corrected chi connectivity index (χ4v) is 7.95. The third kappa shape index (κ3) is 3.96. The van der Waals surface area contributed by atoms with Crippen LogP contribution in [0.5, 0.6) is 0 Å². The van der Waals surface area contributed by atoms with E-state index in [1.165, 1.54) is 10.4 Å². The fraction of sp³-hybridized carbons (Fsp3) is 0.400. The maximum absolute atomic E-state index is 6.83. The van der Waals surface area contributed by atoms with Crippen molar-refractivity contribution >= 4 is 34.6 Å². The lowest BCUT2D eigenvalue weighted by Gasteiger charge is -2.43. The summed E-state index contributed by atoms with van der Waals surface area (Å²) in [5, 5.41) is 3.72. The first-order valence-electron chi connectivity index (χ1n) is 8.23. The molecule has 0 aliphatic heterocycles. The Kier molecular flexibility index (Phi) is 6.23. The quantitative estimate of drug-likeness (QED) is 0.517. The summed E-state index contributed by atoms with van der Waals surface area (Å²) in [6.45, 7) is 9.96. The second-order valence-corrected chi connectivity index (χ2v) is 12.2. The molecule has 0 aliphatic rings. The van der Waals surface area contributed by atoms with Gasteiger partial charge in [0.15, 0.2) is 0 Å². The van der Waals surface area contributed by atoms with Gasteiger partial charge in [-0.05, 0) is 21.3 Å². The number of alkyl halides is 1. The molecule has 0 N–H and O–H groups in total. The summed E-state index contributed by atoms with van der Waals surface area (Å²) in [7, 11) is -2.35. The van der Waals surface area contributed by atoms with Gasteiger partial charge in [-0.15, -0.1) is 0 Å². The van der Waals surface area contributed by atoms with E-state index in [0.717, 1.165) is 11.9 Å². The molecule has 0 spiro atoms. The minimum atomic E-state index is -2.35. The van der Waals surface area contributed by atoms with Crippen LogP contribution >= 0.6 is 15.9 Å². The molecule has 2 rings (SSSR count). The van der Waals surface area contributed by atoms with E-state index in [-0.39, 0.29) is 5.04 Å². The van der Waals surface area contributed by atoms with Gasteiger partial charge in [0.1, 0.15) is 0 Å². The van der Waals surface area contributed by atoms with Crippen molar-refractivity contribution in [3.63, 3.8) is 0 Å².